The maximum absolute atomic E-state index is 12.9. The molecule has 1 saturated heterocycles. The molecule has 0 aromatic carbocycles. The van der Waals surface area contributed by atoms with Gasteiger partial charge in [-0.2, -0.15) is 5.10 Å². The van der Waals surface area contributed by atoms with Crippen molar-refractivity contribution in [2.45, 2.75) is 18.9 Å². The molecule has 0 radical (unpaired) electrons. The zero-order valence-corrected chi connectivity index (χ0v) is 17.9. The number of pyridine rings is 1. The molecule has 0 atom stereocenters. The fraction of sp³-hybridized carbons (Fsp3) is 0.400. The Kier molecular flexibility index (Phi) is 4.54. The van der Waals surface area contributed by atoms with Gasteiger partial charge >= 0.3 is 6.03 Å². The molecule has 0 bridgehead atoms. The minimum atomic E-state index is -0.333. The molecule has 3 aromatic rings. The summed E-state index contributed by atoms with van der Waals surface area (Å²) in [6.45, 7) is 1.39. The van der Waals surface area contributed by atoms with E-state index in [1.54, 1.807) is 16.8 Å². The highest BCUT2D eigenvalue weighted by Crippen LogP contribution is 2.48. The highest BCUT2D eigenvalue weighted by Gasteiger charge is 2.54. The molecule has 3 amide bonds. The monoisotopic (exact) mass is 443 g/mol. The molecule has 31 heavy (non-hydrogen) atoms. The Morgan fingerprint density at radius 1 is 1.26 bits per heavy atom. The number of nitrogens with one attached hydrogen (secondary N) is 2. The van der Waals surface area contributed by atoms with E-state index >= 15 is 0 Å². The van der Waals surface area contributed by atoms with Gasteiger partial charge in [0.25, 0.3) is 5.91 Å². The van der Waals surface area contributed by atoms with Crippen molar-refractivity contribution in [2.75, 3.05) is 25.5 Å². The van der Waals surface area contributed by atoms with Crippen molar-refractivity contribution in [3.05, 3.63) is 41.4 Å². The Balaban J connectivity index is 1.14. The number of urea groups is 1. The highest BCUT2D eigenvalue weighted by atomic mass is 35.5. The third-order valence-corrected chi connectivity index (χ3v) is 6.26. The maximum Gasteiger partial charge on any atom is 0.319 e. The molecule has 2 N–H and O–H groups in total. The van der Waals surface area contributed by atoms with Crippen molar-refractivity contribution in [3.8, 4) is 5.88 Å². The number of carbonyl (C=O) groups excluding carboxylic acids is 2. The van der Waals surface area contributed by atoms with Gasteiger partial charge < -0.3 is 24.8 Å². The first-order valence-corrected chi connectivity index (χ1v) is 10.3. The normalized spacial score (nSPS) is 17.3. The molecule has 1 saturated carbocycles. The van der Waals surface area contributed by atoms with Crippen molar-refractivity contribution in [1.82, 2.24) is 29.4 Å². The second-order valence-corrected chi connectivity index (χ2v) is 8.75. The lowest BCUT2D eigenvalue weighted by Crippen LogP contribution is -2.67. The van der Waals surface area contributed by atoms with Crippen LogP contribution in [0.4, 0.5) is 10.5 Å². The van der Waals surface area contributed by atoms with E-state index in [2.05, 4.69) is 20.7 Å². The molecule has 2 fully saturated rings. The number of methoxy groups -OCH3 is 1. The van der Waals surface area contributed by atoms with E-state index in [0.29, 0.717) is 35.2 Å². The number of ether oxygens (including phenoxy) is 1. The molecule has 1 spiro atoms. The van der Waals surface area contributed by atoms with Gasteiger partial charge in [0.2, 0.25) is 5.88 Å². The van der Waals surface area contributed by atoms with Crippen molar-refractivity contribution in [3.63, 3.8) is 0 Å². The average molecular weight is 444 g/mol. The molecule has 10 nitrogen and oxygen atoms in total. The Bertz CT molecular complexity index is 1170. The van der Waals surface area contributed by atoms with Crippen molar-refractivity contribution < 1.29 is 14.3 Å². The summed E-state index contributed by atoms with van der Waals surface area (Å²) in [7, 11) is 3.37. The fourth-order valence-corrected chi connectivity index (χ4v) is 4.80. The first kappa shape index (κ1) is 19.7. The quantitative estimate of drug-likeness (QED) is 0.642. The number of carbonyl (C=O) groups is 2. The summed E-state index contributed by atoms with van der Waals surface area (Å²) in [6, 6.07) is 1.32. The molecular formula is C20H22ClN7O3. The van der Waals surface area contributed by atoms with Crippen LogP contribution in [0.15, 0.2) is 30.9 Å². The number of hydrogen-bond acceptors (Lipinski definition) is 5. The van der Waals surface area contributed by atoms with E-state index < -0.39 is 0 Å². The van der Waals surface area contributed by atoms with Gasteiger partial charge in [-0.15, -0.1) is 0 Å². The summed E-state index contributed by atoms with van der Waals surface area (Å²) in [5.41, 5.74) is 1.90. The van der Waals surface area contributed by atoms with Crippen LogP contribution < -0.4 is 15.4 Å². The van der Waals surface area contributed by atoms with Crippen LogP contribution >= 0.6 is 11.6 Å². The zero-order valence-electron chi connectivity index (χ0n) is 17.1. The number of hydrogen-bond donors (Lipinski definition) is 2. The Morgan fingerprint density at radius 2 is 2.03 bits per heavy atom. The number of nitrogens with zero attached hydrogens (tertiary/aromatic N) is 5. The molecule has 0 unspecified atom stereocenters. The summed E-state index contributed by atoms with van der Waals surface area (Å²) < 4.78 is 8.74. The van der Waals surface area contributed by atoms with E-state index in [1.165, 1.54) is 13.3 Å². The zero-order chi connectivity index (χ0) is 21.8. The number of aryl methyl sites for hydroxylation is 1. The second-order valence-electron chi connectivity index (χ2n) is 8.31. The minimum absolute atomic E-state index is 0.00266. The number of aromatic nitrogens is 4. The van der Waals surface area contributed by atoms with E-state index in [-0.39, 0.29) is 23.4 Å². The van der Waals surface area contributed by atoms with Gasteiger partial charge in [0.1, 0.15) is 16.9 Å². The number of rotatable bonds is 4. The molecule has 1 aliphatic heterocycles. The lowest BCUT2D eigenvalue weighted by Gasteiger charge is -2.58. The summed E-state index contributed by atoms with van der Waals surface area (Å²) in [4.78, 5) is 31.1. The predicted molar refractivity (Wildman–Crippen MR) is 113 cm³/mol. The number of amides is 3. The van der Waals surface area contributed by atoms with Gasteiger partial charge in [-0.25, -0.2) is 14.3 Å². The van der Waals surface area contributed by atoms with Gasteiger partial charge in [0, 0.05) is 50.2 Å². The van der Waals surface area contributed by atoms with Crippen LogP contribution in [0.2, 0.25) is 5.02 Å². The van der Waals surface area contributed by atoms with Gasteiger partial charge in [0.15, 0.2) is 0 Å². The molecule has 2 aliphatic rings. The van der Waals surface area contributed by atoms with Gasteiger partial charge in [0.05, 0.1) is 18.3 Å². The molecule has 4 heterocycles. The lowest BCUT2D eigenvalue weighted by molar-refractivity contribution is -0.0582. The number of imidazole rings is 1. The van der Waals surface area contributed by atoms with Crippen LogP contribution in [-0.4, -0.2) is 62.2 Å². The van der Waals surface area contributed by atoms with Crippen LogP contribution in [0.1, 0.15) is 23.2 Å². The topological polar surface area (TPSA) is 106 Å². The van der Waals surface area contributed by atoms with E-state index in [4.69, 9.17) is 16.3 Å². The molecular weight excluding hydrogens is 422 g/mol. The smallest absolute Gasteiger partial charge is 0.319 e. The van der Waals surface area contributed by atoms with Gasteiger partial charge in [-0.1, -0.05) is 11.6 Å². The Hall–Kier alpha value is -3.27. The third kappa shape index (κ3) is 3.36. The van der Waals surface area contributed by atoms with Crippen LogP contribution in [0.3, 0.4) is 0 Å². The average Bonchev–Trinajstić information content (AvgIpc) is 3.25. The van der Waals surface area contributed by atoms with Crippen molar-refractivity contribution in [1.29, 1.82) is 0 Å². The SMILES string of the molecule is COc1ncc(Cl)cc1NC(=O)NC1CC2(C1)CN(C(=O)c1cnn3ccn(C)c13)C2. The molecule has 162 valence electrons. The molecule has 5 rings (SSSR count). The number of anilines is 1. The van der Waals surface area contributed by atoms with Crippen LogP contribution in [-0.2, 0) is 7.05 Å². The minimum Gasteiger partial charge on any atom is -0.480 e. The lowest BCUT2D eigenvalue weighted by atomic mass is 9.60. The fourth-order valence-electron chi connectivity index (χ4n) is 4.65. The standard InChI is InChI=1S/C20H22ClN7O3/c1-26-3-4-28-17(26)14(9-23-28)18(29)27-10-20(11-27)6-13(7-20)24-19(30)25-15-5-12(21)8-22-16(15)31-2/h3-5,8-9,13H,6-7,10-11H2,1-2H3,(H2,24,25,30). The Morgan fingerprint density at radius 3 is 2.77 bits per heavy atom. The Labute approximate surface area is 183 Å². The van der Waals surface area contributed by atoms with Crippen LogP contribution in [0.5, 0.6) is 5.88 Å². The predicted octanol–water partition coefficient (Wildman–Crippen LogP) is 2.16. The van der Waals surface area contributed by atoms with E-state index in [0.717, 1.165) is 18.5 Å². The summed E-state index contributed by atoms with van der Waals surface area (Å²) in [5, 5.41) is 10.3. The number of halogens is 1. The number of likely N-dealkylation sites (tertiary alicyclic amines) is 1. The summed E-state index contributed by atoms with van der Waals surface area (Å²) >= 11 is 5.95. The first-order valence-electron chi connectivity index (χ1n) is 9.92. The second kappa shape index (κ2) is 7.16. The van der Waals surface area contributed by atoms with E-state index in [1.807, 2.05) is 28.9 Å². The first-order chi connectivity index (χ1) is 14.9. The van der Waals surface area contributed by atoms with Crippen molar-refractivity contribution >= 4 is 34.9 Å². The maximum atomic E-state index is 12.9. The van der Waals surface area contributed by atoms with E-state index in [9.17, 15) is 9.59 Å². The third-order valence-electron chi connectivity index (χ3n) is 6.06. The van der Waals surface area contributed by atoms with Crippen LogP contribution in [0, 0.1) is 5.41 Å². The van der Waals surface area contributed by atoms with Crippen LogP contribution in [0.25, 0.3) is 5.65 Å². The van der Waals surface area contributed by atoms with Gasteiger partial charge in [-0.05, 0) is 18.9 Å². The molecule has 3 aromatic heterocycles. The van der Waals surface area contributed by atoms with Gasteiger partial charge in [-0.3, -0.25) is 4.79 Å². The number of fused-ring (bicyclic) bond motifs is 1. The highest BCUT2D eigenvalue weighted by molar-refractivity contribution is 6.30. The largest absolute Gasteiger partial charge is 0.480 e. The summed E-state index contributed by atoms with van der Waals surface area (Å²) in [5.74, 6) is 0.294. The van der Waals surface area contributed by atoms with Crippen molar-refractivity contribution in [2.24, 2.45) is 12.5 Å². The molecule has 11 heteroatoms. The molecule has 1 aliphatic carbocycles. The summed E-state index contributed by atoms with van der Waals surface area (Å²) in [6.07, 6.45) is 8.45.